The highest BCUT2D eigenvalue weighted by atomic mass is 16.3. The second-order valence-electron chi connectivity index (χ2n) is 5.13. The standard InChI is InChI=1S/C12H18O2/c1-8-9-6-4-5-7-12(9,14)11(2,3)10(8)13/h14H,4-7H2,1-3H3. The molecule has 0 aromatic rings. The van der Waals surface area contributed by atoms with Gasteiger partial charge in [0.1, 0.15) is 0 Å². The summed E-state index contributed by atoms with van der Waals surface area (Å²) in [6, 6.07) is 0. The molecule has 0 saturated heterocycles. The number of carbonyl (C=O) groups is 1. The Balaban J connectivity index is 2.55. The fourth-order valence-corrected chi connectivity index (χ4v) is 3.02. The molecule has 1 unspecified atom stereocenters. The van der Waals surface area contributed by atoms with Crippen LogP contribution in [0.4, 0.5) is 0 Å². The topological polar surface area (TPSA) is 37.3 Å². The Labute approximate surface area is 85.0 Å². The van der Waals surface area contributed by atoms with Gasteiger partial charge in [-0.25, -0.2) is 0 Å². The first-order valence-electron chi connectivity index (χ1n) is 5.38. The van der Waals surface area contributed by atoms with Crippen LogP contribution in [0.2, 0.25) is 0 Å². The van der Waals surface area contributed by atoms with Crippen molar-refractivity contribution in [2.45, 2.75) is 52.1 Å². The lowest BCUT2D eigenvalue weighted by Gasteiger charge is -2.40. The van der Waals surface area contributed by atoms with E-state index in [1.807, 2.05) is 20.8 Å². The third-order valence-electron chi connectivity index (χ3n) is 4.11. The lowest BCUT2D eigenvalue weighted by Crippen LogP contribution is -2.47. The molecule has 0 spiro atoms. The molecule has 0 heterocycles. The Hall–Kier alpha value is -0.630. The number of allylic oxidation sites excluding steroid dienone is 1. The maximum absolute atomic E-state index is 12.0. The second-order valence-corrected chi connectivity index (χ2v) is 5.13. The van der Waals surface area contributed by atoms with Gasteiger partial charge in [0.05, 0.1) is 11.0 Å². The normalized spacial score (nSPS) is 36.1. The van der Waals surface area contributed by atoms with Gasteiger partial charge < -0.3 is 5.11 Å². The van der Waals surface area contributed by atoms with Gasteiger partial charge in [0.15, 0.2) is 5.78 Å². The molecule has 78 valence electrons. The van der Waals surface area contributed by atoms with E-state index in [1.165, 1.54) is 0 Å². The van der Waals surface area contributed by atoms with Crippen molar-refractivity contribution in [2.24, 2.45) is 5.41 Å². The van der Waals surface area contributed by atoms with Crippen LogP contribution in [0.1, 0.15) is 46.5 Å². The summed E-state index contributed by atoms with van der Waals surface area (Å²) >= 11 is 0. The summed E-state index contributed by atoms with van der Waals surface area (Å²) < 4.78 is 0. The third kappa shape index (κ3) is 0.924. The van der Waals surface area contributed by atoms with E-state index in [9.17, 15) is 9.90 Å². The van der Waals surface area contributed by atoms with Crippen LogP contribution < -0.4 is 0 Å². The summed E-state index contributed by atoms with van der Waals surface area (Å²) in [6.07, 6.45) is 3.79. The molecule has 1 N–H and O–H groups in total. The molecule has 1 saturated carbocycles. The van der Waals surface area contributed by atoms with Crippen LogP contribution in [-0.2, 0) is 4.79 Å². The van der Waals surface area contributed by atoms with Gasteiger partial charge in [-0.2, -0.15) is 0 Å². The second kappa shape index (κ2) is 2.69. The van der Waals surface area contributed by atoms with E-state index in [2.05, 4.69) is 0 Å². The molecule has 0 aliphatic heterocycles. The minimum Gasteiger partial charge on any atom is -0.384 e. The van der Waals surface area contributed by atoms with Crippen molar-refractivity contribution >= 4 is 5.78 Å². The molecule has 0 amide bonds. The molecule has 1 fully saturated rings. The van der Waals surface area contributed by atoms with Crippen LogP contribution in [0.15, 0.2) is 11.1 Å². The van der Waals surface area contributed by atoms with Crippen molar-refractivity contribution in [2.75, 3.05) is 0 Å². The number of hydrogen-bond acceptors (Lipinski definition) is 2. The van der Waals surface area contributed by atoms with Crippen LogP contribution in [0, 0.1) is 5.41 Å². The minimum absolute atomic E-state index is 0.136. The predicted molar refractivity (Wildman–Crippen MR) is 54.9 cm³/mol. The zero-order valence-electron chi connectivity index (χ0n) is 9.18. The number of Topliss-reactive ketones (excluding diaryl/α,β-unsaturated/α-hetero) is 1. The van der Waals surface area contributed by atoms with Crippen LogP contribution in [0.5, 0.6) is 0 Å². The number of carbonyl (C=O) groups excluding carboxylic acids is 1. The van der Waals surface area contributed by atoms with Crippen LogP contribution in [0.25, 0.3) is 0 Å². The number of hydrogen-bond donors (Lipinski definition) is 1. The van der Waals surface area contributed by atoms with Crippen LogP contribution in [-0.4, -0.2) is 16.5 Å². The highest BCUT2D eigenvalue weighted by molar-refractivity contribution is 6.04. The summed E-state index contributed by atoms with van der Waals surface area (Å²) in [4.78, 5) is 12.0. The lowest BCUT2D eigenvalue weighted by atomic mass is 9.68. The molecule has 0 radical (unpaired) electrons. The SMILES string of the molecule is CC1=C2CCCCC2(O)C(C)(C)C1=O. The van der Waals surface area contributed by atoms with E-state index in [0.717, 1.165) is 36.8 Å². The van der Waals surface area contributed by atoms with Crippen molar-refractivity contribution in [3.63, 3.8) is 0 Å². The molecule has 0 aromatic carbocycles. The van der Waals surface area contributed by atoms with Gasteiger partial charge in [-0.3, -0.25) is 4.79 Å². The van der Waals surface area contributed by atoms with E-state index in [0.29, 0.717) is 0 Å². The third-order valence-corrected chi connectivity index (χ3v) is 4.11. The summed E-state index contributed by atoms with van der Waals surface area (Å²) in [5.74, 6) is 0.136. The van der Waals surface area contributed by atoms with E-state index in [4.69, 9.17) is 0 Å². The Morgan fingerprint density at radius 1 is 1.29 bits per heavy atom. The van der Waals surface area contributed by atoms with Crippen molar-refractivity contribution in [1.82, 2.24) is 0 Å². The van der Waals surface area contributed by atoms with Gasteiger partial charge in [0.2, 0.25) is 0 Å². The Morgan fingerprint density at radius 2 is 1.93 bits per heavy atom. The average molecular weight is 194 g/mol. The molecule has 2 aliphatic carbocycles. The van der Waals surface area contributed by atoms with Crippen LogP contribution >= 0.6 is 0 Å². The van der Waals surface area contributed by atoms with Gasteiger partial charge in [-0.15, -0.1) is 0 Å². The number of ketones is 1. The predicted octanol–water partition coefficient (Wildman–Crippen LogP) is 2.22. The summed E-state index contributed by atoms with van der Waals surface area (Å²) in [6.45, 7) is 5.61. The van der Waals surface area contributed by atoms with E-state index in [1.54, 1.807) is 0 Å². The van der Waals surface area contributed by atoms with E-state index < -0.39 is 11.0 Å². The Morgan fingerprint density at radius 3 is 2.50 bits per heavy atom. The quantitative estimate of drug-likeness (QED) is 0.642. The monoisotopic (exact) mass is 194 g/mol. The summed E-state index contributed by atoms with van der Waals surface area (Å²) in [5.41, 5.74) is 0.384. The van der Waals surface area contributed by atoms with Gasteiger partial charge in [-0.05, 0) is 57.6 Å². The minimum atomic E-state index is -0.841. The molecule has 1 atom stereocenters. The fourth-order valence-electron chi connectivity index (χ4n) is 3.02. The number of rotatable bonds is 0. The first kappa shape index (κ1) is 9.91. The van der Waals surface area contributed by atoms with Gasteiger partial charge in [-0.1, -0.05) is 0 Å². The van der Waals surface area contributed by atoms with Crippen molar-refractivity contribution in [3.8, 4) is 0 Å². The average Bonchev–Trinajstić information content (AvgIpc) is 2.27. The lowest BCUT2D eigenvalue weighted by molar-refractivity contribution is -0.133. The first-order valence-corrected chi connectivity index (χ1v) is 5.38. The van der Waals surface area contributed by atoms with E-state index >= 15 is 0 Å². The fraction of sp³-hybridized carbons (Fsp3) is 0.750. The maximum atomic E-state index is 12.0. The molecule has 2 aliphatic rings. The molecule has 2 rings (SSSR count). The van der Waals surface area contributed by atoms with Gasteiger partial charge in [0.25, 0.3) is 0 Å². The zero-order chi connectivity index (χ0) is 10.6. The molecular formula is C12H18O2. The molecular weight excluding hydrogens is 176 g/mol. The molecule has 2 nitrogen and oxygen atoms in total. The molecule has 0 bridgehead atoms. The zero-order valence-corrected chi connectivity index (χ0v) is 9.18. The number of aliphatic hydroxyl groups is 1. The molecule has 0 aromatic heterocycles. The molecule has 14 heavy (non-hydrogen) atoms. The van der Waals surface area contributed by atoms with E-state index in [-0.39, 0.29) is 5.78 Å². The molecule has 2 heteroatoms. The maximum Gasteiger partial charge on any atom is 0.167 e. The summed E-state index contributed by atoms with van der Waals surface area (Å²) in [7, 11) is 0. The highest BCUT2D eigenvalue weighted by Gasteiger charge is 2.57. The summed E-state index contributed by atoms with van der Waals surface area (Å²) in [5, 5.41) is 10.6. The van der Waals surface area contributed by atoms with Crippen molar-refractivity contribution in [3.05, 3.63) is 11.1 Å². The van der Waals surface area contributed by atoms with Crippen LogP contribution in [0.3, 0.4) is 0 Å². The number of fused-ring (bicyclic) bond motifs is 1. The first-order chi connectivity index (χ1) is 6.41. The highest BCUT2D eigenvalue weighted by Crippen LogP contribution is 2.53. The Kier molecular flexibility index (Phi) is 1.91. The Bertz CT molecular complexity index is 325. The van der Waals surface area contributed by atoms with Gasteiger partial charge in [0, 0.05) is 0 Å². The largest absolute Gasteiger partial charge is 0.384 e. The smallest absolute Gasteiger partial charge is 0.167 e. The van der Waals surface area contributed by atoms with Crippen molar-refractivity contribution in [1.29, 1.82) is 0 Å². The van der Waals surface area contributed by atoms with Gasteiger partial charge >= 0.3 is 0 Å². The van der Waals surface area contributed by atoms with Crippen molar-refractivity contribution < 1.29 is 9.90 Å².